The van der Waals surface area contributed by atoms with Crippen molar-refractivity contribution in [3.05, 3.63) is 0 Å². The smallest absolute Gasteiger partial charge is 0.127 e. The molecule has 0 aliphatic carbocycles. The molecule has 0 aromatic carbocycles. The average molecular weight is 340 g/mol. The average Bonchev–Trinajstić information content (AvgIpc) is 2.47. The van der Waals surface area contributed by atoms with Crippen molar-refractivity contribution in [2.75, 3.05) is 59.8 Å². The van der Waals surface area contributed by atoms with Crippen molar-refractivity contribution in [3.63, 3.8) is 0 Å². The topological polar surface area (TPSA) is 64.0 Å². The number of nitrogens with zero attached hydrogens (tertiary/aromatic N) is 2. The molecule has 1 atom stereocenters. The van der Waals surface area contributed by atoms with E-state index >= 15 is 0 Å². The number of ether oxygens (including phenoxy) is 4. The van der Waals surface area contributed by atoms with Gasteiger partial charge in [-0.1, -0.05) is 0 Å². The van der Waals surface area contributed by atoms with Crippen LogP contribution >= 0.6 is 0 Å². The van der Waals surface area contributed by atoms with Gasteiger partial charge in [-0.05, 0) is 34.2 Å². The van der Waals surface area contributed by atoms with E-state index in [4.69, 9.17) is 18.9 Å². The predicted molar refractivity (Wildman–Crippen MR) is 90.7 cm³/mol. The molecule has 0 saturated carbocycles. The Kier molecular flexibility index (Phi) is 7.02. The summed E-state index contributed by atoms with van der Waals surface area (Å²) in [6.07, 6.45) is 1.34. The summed E-state index contributed by atoms with van der Waals surface area (Å²) < 4.78 is 22.2. The Hall–Kier alpha value is -0.710. The third-order valence-corrected chi connectivity index (χ3v) is 4.70. The van der Waals surface area contributed by atoms with Crippen LogP contribution in [0.15, 0.2) is 0 Å². The predicted octanol–water partition coefficient (Wildman–Crippen LogP) is 1.70. The molecule has 0 bridgehead atoms. The van der Waals surface area contributed by atoms with Gasteiger partial charge in [0.2, 0.25) is 0 Å². The zero-order valence-corrected chi connectivity index (χ0v) is 15.5. The molecule has 0 radical (unpaired) electrons. The summed E-state index contributed by atoms with van der Waals surface area (Å²) in [6, 6.07) is 2.32. The lowest BCUT2D eigenvalue weighted by Gasteiger charge is -2.44. The maximum absolute atomic E-state index is 9.18. The van der Waals surface area contributed by atoms with Gasteiger partial charge in [-0.3, -0.25) is 0 Å². The quantitative estimate of drug-likeness (QED) is 0.570. The molecule has 0 spiro atoms. The van der Waals surface area contributed by atoms with Crippen LogP contribution in [-0.2, 0) is 18.9 Å². The largest absolute Gasteiger partial charge is 0.380 e. The summed E-state index contributed by atoms with van der Waals surface area (Å²) in [4.78, 5) is 2.33. The van der Waals surface area contributed by atoms with E-state index < -0.39 is 5.41 Å². The number of nitriles is 1. The highest BCUT2D eigenvalue weighted by molar-refractivity contribution is 5.03. The second kappa shape index (κ2) is 8.59. The first-order valence-electron chi connectivity index (χ1n) is 8.87. The fourth-order valence-electron chi connectivity index (χ4n) is 2.92. The highest BCUT2D eigenvalue weighted by Gasteiger charge is 2.41. The van der Waals surface area contributed by atoms with Crippen molar-refractivity contribution in [2.24, 2.45) is 10.8 Å². The van der Waals surface area contributed by atoms with Crippen molar-refractivity contribution in [1.29, 1.82) is 5.26 Å². The fraction of sp³-hybridized carbons (Fsp3) is 0.944. The van der Waals surface area contributed by atoms with E-state index in [1.54, 1.807) is 0 Å². The molecule has 0 amide bonds. The lowest BCUT2D eigenvalue weighted by atomic mass is 9.86. The molecule has 0 aromatic rings. The summed E-state index contributed by atoms with van der Waals surface area (Å²) in [5.74, 6) is 0. The molecule has 6 heteroatoms. The molecule has 24 heavy (non-hydrogen) atoms. The van der Waals surface area contributed by atoms with E-state index in [0.29, 0.717) is 19.8 Å². The van der Waals surface area contributed by atoms with Crippen molar-refractivity contribution in [3.8, 4) is 6.07 Å². The van der Waals surface area contributed by atoms with Crippen LogP contribution in [0.5, 0.6) is 0 Å². The molecule has 6 nitrogen and oxygen atoms in total. The summed E-state index contributed by atoms with van der Waals surface area (Å²) in [7, 11) is 2.14. The van der Waals surface area contributed by atoms with Crippen LogP contribution in [0.25, 0.3) is 0 Å². The molecule has 0 aromatic heterocycles. The summed E-state index contributed by atoms with van der Waals surface area (Å²) in [6.45, 7) is 11.9. The van der Waals surface area contributed by atoms with Crippen molar-refractivity contribution in [2.45, 2.75) is 39.4 Å². The van der Waals surface area contributed by atoms with Crippen LogP contribution in [-0.4, -0.2) is 76.9 Å². The molecule has 2 fully saturated rings. The third kappa shape index (κ3) is 5.40. The molecule has 2 aliphatic heterocycles. The highest BCUT2D eigenvalue weighted by atomic mass is 16.5. The van der Waals surface area contributed by atoms with Gasteiger partial charge < -0.3 is 23.8 Å². The van der Waals surface area contributed by atoms with Crippen LogP contribution < -0.4 is 0 Å². The molecule has 2 rings (SSSR count). The molecular formula is C18H32N2O4. The molecule has 1 unspecified atom stereocenters. The van der Waals surface area contributed by atoms with Crippen LogP contribution in [0.4, 0.5) is 0 Å². The van der Waals surface area contributed by atoms with Gasteiger partial charge in [0.05, 0.1) is 63.3 Å². The van der Waals surface area contributed by atoms with E-state index in [0.717, 1.165) is 39.3 Å². The van der Waals surface area contributed by atoms with Crippen LogP contribution in [0.1, 0.15) is 27.2 Å². The fourth-order valence-corrected chi connectivity index (χ4v) is 2.92. The Labute approximate surface area is 146 Å². The van der Waals surface area contributed by atoms with E-state index in [1.807, 2.05) is 0 Å². The van der Waals surface area contributed by atoms with Gasteiger partial charge in [0.1, 0.15) is 5.41 Å². The zero-order valence-electron chi connectivity index (χ0n) is 15.5. The van der Waals surface area contributed by atoms with Gasteiger partial charge in [-0.15, -0.1) is 0 Å². The van der Waals surface area contributed by atoms with Crippen molar-refractivity contribution in [1.82, 2.24) is 4.90 Å². The standard InChI is InChI=1S/C18H32N2O4/c1-15(2)23-14-18(11-22-12-18)8-20(4)6-5-16(3)24-13-17(7-19)9-21-10-17/h15-16H,5-6,8-14H2,1-4H3. The molecule has 2 saturated heterocycles. The Bertz CT molecular complexity index is 427. The SMILES string of the molecule is CC(C)OCC1(CN(C)CCC(C)OCC2(C#N)COC2)COC1. The molecule has 0 N–H and O–H groups in total. The van der Waals surface area contributed by atoms with E-state index in [-0.39, 0.29) is 17.6 Å². The second-order valence-corrected chi connectivity index (χ2v) is 7.89. The van der Waals surface area contributed by atoms with Gasteiger partial charge in [-0.25, -0.2) is 0 Å². The normalized spacial score (nSPS) is 22.7. The monoisotopic (exact) mass is 340 g/mol. The first kappa shape index (κ1) is 19.6. The first-order valence-corrected chi connectivity index (χ1v) is 8.87. The van der Waals surface area contributed by atoms with E-state index in [9.17, 15) is 5.26 Å². The van der Waals surface area contributed by atoms with E-state index in [1.165, 1.54) is 0 Å². The minimum atomic E-state index is -0.415. The Balaban J connectivity index is 1.64. The zero-order chi connectivity index (χ0) is 17.6. The maximum atomic E-state index is 9.18. The van der Waals surface area contributed by atoms with Crippen LogP contribution in [0.2, 0.25) is 0 Å². The summed E-state index contributed by atoms with van der Waals surface area (Å²) in [5, 5.41) is 9.18. The lowest BCUT2D eigenvalue weighted by Crippen LogP contribution is -2.53. The third-order valence-electron chi connectivity index (χ3n) is 4.70. The van der Waals surface area contributed by atoms with Gasteiger partial charge in [0, 0.05) is 13.1 Å². The highest BCUT2D eigenvalue weighted by Crippen LogP contribution is 2.30. The number of hydrogen-bond acceptors (Lipinski definition) is 6. The molecule has 2 heterocycles. The number of hydrogen-bond donors (Lipinski definition) is 0. The van der Waals surface area contributed by atoms with Crippen LogP contribution in [0.3, 0.4) is 0 Å². The minimum absolute atomic E-state index is 0.136. The van der Waals surface area contributed by atoms with Crippen LogP contribution in [0, 0.1) is 22.2 Å². The molecule has 138 valence electrons. The molecule has 2 aliphatic rings. The van der Waals surface area contributed by atoms with Crippen molar-refractivity contribution < 1.29 is 18.9 Å². The first-order chi connectivity index (χ1) is 11.4. The van der Waals surface area contributed by atoms with E-state index in [2.05, 4.69) is 38.8 Å². The van der Waals surface area contributed by atoms with Gasteiger partial charge in [-0.2, -0.15) is 5.26 Å². The summed E-state index contributed by atoms with van der Waals surface area (Å²) >= 11 is 0. The Morgan fingerprint density at radius 3 is 2.21 bits per heavy atom. The molecular weight excluding hydrogens is 308 g/mol. The summed E-state index contributed by atoms with van der Waals surface area (Å²) in [5.41, 5.74) is -0.279. The van der Waals surface area contributed by atoms with Gasteiger partial charge in [0.15, 0.2) is 0 Å². The number of rotatable bonds is 11. The maximum Gasteiger partial charge on any atom is 0.127 e. The van der Waals surface area contributed by atoms with Gasteiger partial charge in [0.25, 0.3) is 0 Å². The Morgan fingerprint density at radius 1 is 1.08 bits per heavy atom. The minimum Gasteiger partial charge on any atom is -0.380 e. The van der Waals surface area contributed by atoms with Gasteiger partial charge >= 0.3 is 0 Å². The Morgan fingerprint density at radius 2 is 1.75 bits per heavy atom. The van der Waals surface area contributed by atoms with Crippen molar-refractivity contribution >= 4 is 0 Å². The lowest BCUT2D eigenvalue weighted by molar-refractivity contribution is -0.164. The second-order valence-electron chi connectivity index (χ2n) is 7.89.